The average molecular weight is 209 g/mol. The zero-order valence-electron chi connectivity index (χ0n) is 8.47. The molecule has 0 heterocycles. The van der Waals surface area contributed by atoms with E-state index in [0.29, 0.717) is 17.1 Å². The molecule has 15 heavy (non-hydrogen) atoms. The van der Waals surface area contributed by atoms with Crippen molar-refractivity contribution in [2.24, 2.45) is 0 Å². The molecule has 0 saturated carbocycles. The van der Waals surface area contributed by atoms with Crippen molar-refractivity contribution in [3.05, 3.63) is 40.1 Å². The van der Waals surface area contributed by atoms with Crippen molar-refractivity contribution in [3.8, 4) is 11.5 Å². The summed E-state index contributed by atoms with van der Waals surface area (Å²) in [7, 11) is 3.04. The van der Waals surface area contributed by atoms with E-state index in [0.717, 1.165) is 6.20 Å². The van der Waals surface area contributed by atoms with Crippen molar-refractivity contribution in [1.82, 2.24) is 0 Å². The molecule has 0 bridgehead atoms. The lowest BCUT2D eigenvalue weighted by molar-refractivity contribution is -0.400. The zero-order valence-corrected chi connectivity index (χ0v) is 8.47. The number of methoxy groups -OCH3 is 2. The number of nitro groups is 1. The molecule has 0 spiro atoms. The van der Waals surface area contributed by atoms with Crippen LogP contribution in [0.1, 0.15) is 5.56 Å². The van der Waals surface area contributed by atoms with Gasteiger partial charge in [0, 0.05) is 17.7 Å². The van der Waals surface area contributed by atoms with E-state index in [1.165, 1.54) is 13.2 Å². The maximum Gasteiger partial charge on any atom is 0.235 e. The molecule has 1 aromatic carbocycles. The monoisotopic (exact) mass is 209 g/mol. The fourth-order valence-electron chi connectivity index (χ4n) is 1.10. The lowest BCUT2D eigenvalue weighted by Crippen LogP contribution is -1.90. The van der Waals surface area contributed by atoms with Gasteiger partial charge in [0.2, 0.25) is 6.20 Å². The van der Waals surface area contributed by atoms with E-state index in [1.54, 1.807) is 25.3 Å². The second kappa shape index (κ2) is 4.99. The lowest BCUT2D eigenvalue weighted by atomic mass is 10.2. The summed E-state index contributed by atoms with van der Waals surface area (Å²) in [6.07, 6.45) is 2.24. The fourth-order valence-corrected chi connectivity index (χ4v) is 1.10. The van der Waals surface area contributed by atoms with Gasteiger partial charge in [0.05, 0.1) is 19.1 Å². The number of rotatable bonds is 4. The third kappa shape index (κ3) is 2.98. The van der Waals surface area contributed by atoms with E-state index >= 15 is 0 Å². The van der Waals surface area contributed by atoms with Gasteiger partial charge in [-0.1, -0.05) is 0 Å². The van der Waals surface area contributed by atoms with Crippen molar-refractivity contribution in [1.29, 1.82) is 0 Å². The molecule has 5 nitrogen and oxygen atoms in total. The summed E-state index contributed by atoms with van der Waals surface area (Å²) in [5.74, 6) is 1.18. The SMILES string of the molecule is COc1ccc(/C=C\[N+](=O)[O-])c(OC)c1. The van der Waals surface area contributed by atoms with Crippen LogP contribution in [0.5, 0.6) is 11.5 Å². The lowest BCUT2D eigenvalue weighted by Gasteiger charge is -2.06. The smallest absolute Gasteiger partial charge is 0.235 e. The fraction of sp³-hybridized carbons (Fsp3) is 0.200. The van der Waals surface area contributed by atoms with E-state index in [1.807, 2.05) is 0 Å². The Morgan fingerprint density at radius 1 is 1.33 bits per heavy atom. The number of hydrogen-bond acceptors (Lipinski definition) is 4. The molecule has 0 aliphatic heterocycles. The molecule has 0 fully saturated rings. The first kappa shape index (κ1) is 11.0. The van der Waals surface area contributed by atoms with Crippen LogP contribution in [0, 0.1) is 10.1 Å². The molecule has 0 atom stereocenters. The minimum absolute atomic E-state index is 0.524. The topological polar surface area (TPSA) is 61.6 Å². The van der Waals surface area contributed by atoms with Gasteiger partial charge in [-0.3, -0.25) is 10.1 Å². The van der Waals surface area contributed by atoms with Crippen molar-refractivity contribution in [2.75, 3.05) is 14.2 Å². The predicted octanol–water partition coefficient (Wildman–Crippen LogP) is 1.95. The van der Waals surface area contributed by atoms with E-state index in [4.69, 9.17) is 9.47 Å². The van der Waals surface area contributed by atoms with E-state index in [2.05, 4.69) is 0 Å². The summed E-state index contributed by atoms with van der Waals surface area (Å²) < 4.78 is 10.1. The first-order valence-corrected chi connectivity index (χ1v) is 4.21. The number of nitrogens with zero attached hydrogens (tertiary/aromatic N) is 1. The Morgan fingerprint density at radius 3 is 2.60 bits per heavy atom. The maximum atomic E-state index is 10.1. The van der Waals surface area contributed by atoms with Crippen LogP contribution < -0.4 is 9.47 Å². The van der Waals surface area contributed by atoms with Crippen molar-refractivity contribution in [2.45, 2.75) is 0 Å². The normalized spacial score (nSPS) is 10.3. The predicted molar refractivity (Wildman–Crippen MR) is 55.6 cm³/mol. The van der Waals surface area contributed by atoms with Gasteiger partial charge in [-0.15, -0.1) is 0 Å². The van der Waals surface area contributed by atoms with Crippen LogP contribution in [0.2, 0.25) is 0 Å². The van der Waals surface area contributed by atoms with E-state index in [-0.39, 0.29) is 0 Å². The summed E-state index contributed by atoms with van der Waals surface area (Å²) >= 11 is 0. The Labute approximate surface area is 87.1 Å². The second-order valence-electron chi connectivity index (χ2n) is 2.71. The highest BCUT2D eigenvalue weighted by atomic mass is 16.6. The largest absolute Gasteiger partial charge is 0.497 e. The molecule has 1 rings (SSSR count). The molecular weight excluding hydrogens is 198 g/mol. The van der Waals surface area contributed by atoms with Crippen LogP contribution in [-0.4, -0.2) is 19.1 Å². The Balaban J connectivity index is 3.02. The van der Waals surface area contributed by atoms with E-state index in [9.17, 15) is 10.1 Å². The Hall–Kier alpha value is -2.04. The first-order chi connectivity index (χ1) is 7.17. The van der Waals surface area contributed by atoms with Crippen LogP contribution in [0.25, 0.3) is 6.08 Å². The Morgan fingerprint density at radius 2 is 2.07 bits per heavy atom. The molecule has 0 amide bonds. The second-order valence-corrected chi connectivity index (χ2v) is 2.71. The van der Waals surface area contributed by atoms with Gasteiger partial charge in [0.15, 0.2) is 0 Å². The molecule has 5 heteroatoms. The molecule has 80 valence electrons. The van der Waals surface area contributed by atoms with E-state index < -0.39 is 4.92 Å². The van der Waals surface area contributed by atoms with Crippen LogP contribution in [0.4, 0.5) is 0 Å². The van der Waals surface area contributed by atoms with Gasteiger partial charge in [0.1, 0.15) is 11.5 Å². The van der Waals surface area contributed by atoms with Gasteiger partial charge < -0.3 is 9.47 Å². The number of ether oxygens (including phenoxy) is 2. The number of hydrogen-bond donors (Lipinski definition) is 0. The average Bonchev–Trinajstić information content (AvgIpc) is 2.25. The molecule has 0 aliphatic rings. The van der Waals surface area contributed by atoms with Crippen LogP contribution in [0.15, 0.2) is 24.4 Å². The summed E-state index contributed by atoms with van der Waals surface area (Å²) in [5.41, 5.74) is 0.634. The highest BCUT2D eigenvalue weighted by Crippen LogP contribution is 2.25. The molecule has 0 unspecified atom stereocenters. The zero-order chi connectivity index (χ0) is 11.3. The highest BCUT2D eigenvalue weighted by molar-refractivity contribution is 5.58. The maximum absolute atomic E-state index is 10.1. The van der Waals surface area contributed by atoms with Crippen molar-refractivity contribution in [3.63, 3.8) is 0 Å². The minimum Gasteiger partial charge on any atom is -0.497 e. The van der Waals surface area contributed by atoms with Crippen LogP contribution >= 0.6 is 0 Å². The molecule has 0 N–H and O–H groups in total. The van der Waals surface area contributed by atoms with Crippen LogP contribution in [-0.2, 0) is 0 Å². The highest BCUT2D eigenvalue weighted by Gasteiger charge is 2.02. The first-order valence-electron chi connectivity index (χ1n) is 4.21. The minimum atomic E-state index is -0.524. The molecular formula is C10H11NO4. The molecule has 1 aromatic rings. The third-order valence-electron chi connectivity index (χ3n) is 1.82. The van der Waals surface area contributed by atoms with Crippen molar-refractivity contribution >= 4 is 6.08 Å². The summed E-state index contributed by atoms with van der Waals surface area (Å²) in [4.78, 5) is 9.62. The number of benzene rings is 1. The van der Waals surface area contributed by atoms with Gasteiger partial charge in [-0.25, -0.2) is 0 Å². The molecule has 0 aliphatic carbocycles. The Kier molecular flexibility index (Phi) is 3.68. The standard InChI is InChI=1S/C10H11NO4/c1-14-9-4-3-8(5-6-11(12)13)10(7-9)15-2/h3-7H,1-2H3/b6-5-. The summed E-state index contributed by atoms with van der Waals surface area (Å²) in [6, 6.07) is 5.07. The third-order valence-corrected chi connectivity index (χ3v) is 1.82. The molecule has 0 radical (unpaired) electrons. The quantitative estimate of drug-likeness (QED) is 0.561. The van der Waals surface area contributed by atoms with Gasteiger partial charge in [-0.05, 0) is 12.1 Å². The molecule has 0 aromatic heterocycles. The van der Waals surface area contributed by atoms with Gasteiger partial charge in [0.25, 0.3) is 0 Å². The van der Waals surface area contributed by atoms with Crippen LogP contribution in [0.3, 0.4) is 0 Å². The Bertz CT molecular complexity index is 387. The summed E-state index contributed by atoms with van der Waals surface area (Å²) in [5, 5.41) is 10.1. The summed E-state index contributed by atoms with van der Waals surface area (Å²) in [6.45, 7) is 0. The van der Waals surface area contributed by atoms with Gasteiger partial charge >= 0.3 is 0 Å². The van der Waals surface area contributed by atoms with Crippen molar-refractivity contribution < 1.29 is 14.4 Å². The molecule has 0 saturated heterocycles. The van der Waals surface area contributed by atoms with Gasteiger partial charge in [-0.2, -0.15) is 0 Å².